The molecule has 0 bridgehead atoms. The summed E-state index contributed by atoms with van der Waals surface area (Å²) in [4.78, 5) is 11.9. The van der Waals surface area contributed by atoms with Gasteiger partial charge in [0.2, 0.25) is 0 Å². The molecule has 0 amide bonds. The van der Waals surface area contributed by atoms with Gasteiger partial charge in [-0.05, 0) is 30.5 Å². The Morgan fingerprint density at radius 3 is 2.52 bits per heavy atom. The topological polar surface area (TPSA) is 67.8 Å². The zero-order valence-electron chi connectivity index (χ0n) is 13.3. The predicted octanol–water partition coefficient (Wildman–Crippen LogP) is 2.64. The van der Waals surface area contributed by atoms with Crippen LogP contribution >= 0.6 is 0 Å². The number of nitrogens with one attached hydrogen (secondary N) is 1. The number of carbonyl (C=O) groups is 1. The lowest BCUT2D eigenvalue weighted by molar-refractivity contribution is -0.144. The van der Waals surface area contributed by atoms with E-state index in [0.29, 0.717) is 5.75 Å². The van der Waals surface area contributed by atoms with Gasteiger partial charge in [-0.3, -0.25) is 10.1 Å². The molecular formula is C16H25NO4. The molecule has 3 atom stereocenters. The first kappa shape index (κ1) is 17.3. The maximum atomic E-state index is 11.9. The standard InChI is InChI=1S/C16H25NO4/c1-6-10(2)15(16(19)21-5)17-11(3)12-7-8-13(18)14(9-12)20-4/h7-11,15,17-18H,6H2,1-5H3. The van der Waals surface area contributed by atoms with Crippen LogP contribution in [0.3, 0.4) is 0 Å². The van der Waals surface area contributed by atoms with Gasteiger partial charge in [-0.2, -0.15) is 0 Å². The van der Waals surface area contributed by atoms with Gasteiger partial charge in [0.25, 0.3) is 0 Å². The van der Waals surface area contributed by atoms with Crippen molar-refractivity contribution < 1.29 is 19.4 Å². The van der Waals surface area contributed by atoms with Crippen molar-refractivity contribution in [3.05, 3.63) is 23.8 Å². The molecule has 21 heavy (non-hydrogen) atoms. The summed E-state index contributed by atoms with van der Waals surface area (Å²) in [6.45, 7) is 6.01. The van der Waals surface area contributed by atoms with Crippen molar-refractivity contribution in [2.75, 3.05) is 14.2 Å². The Hall–Kier alpha value is -1.75. The molecule has 2 N–H and O–H groups in total. The molecule has 1 aromatic carbocycles. The summed E-state index contributed by atoms with van der Waals surface area (Å²) < 4.78 is 9.98. The summed E-state index contributed by atoms with van der Waals surface area (Å²) in [7, 11) is 2.90. The van der Waals surface area contributed by atoms with Gasteiger partial charge in [0.15, 0.2) is 11.5 Å². The van der Waals surface area contributed by atoms with Gasteiger partial charge < -0.3 is 14.6 Å². The number of phenolic OH excluding ortho intramolecular Hbond substituents is 1. The SMILES string of the molecule is CCC(C)C(NC(C)c1ccc(O)c(OC)c1)C(=O)OC. The average molecular weight is 295 g/mol. The Bertz CT molecular complexity index is 475. The third-order valence-electron chi connectivity index (χ3n) is 3.80. The van der Waals surface area contributed by atoms with Crippen LogP contribution in [0.4, 0.5) is 0 Å². The molecule has 0 aliphatic heterocycles. The van der Waals surface area contributed by atoms with E-state index in [1.807, 2.05) is 20.8 Å². The predicted molar refractivity (Wildman–Crippen MR) is 81.5 cm³/mol. The Labute approximate surface area is 126 Å². The van der Waals surface area contributed by atoms with Crippen LogP contribution in [0.15, 0.2) is 18.2 Å². The molecule has 118 valence electrons. The molecule has 0 radical (unpaired) electrons. The summed E-state index contributed by atoms with van der Waals surface area (Å²) in [6.07, 6.45) is 0.873. The molecule has 3 unspecified atom stereocenters. The van der Waals surface area contributed by atoms with E-state index in [-0.39, 0.29) is 29.7 Å². The van der Waals surface area contributed by atoms with Crippen LogP contribution in [0.25, 0.3) is 0 Å². The molecule has 0 aliphatic rings. The number of hydrogen-bond acceptors (Lipinski definition) is 5. The van der Waals surface area contributed by atoms with E-state index >= 15 is 0 Å². The number of rotatable bonds is 7. The van der Waals surface area contributed by atoms with E-state index in [1.54, 1.807) is 18.2 Å². The Morgan fingerprint density at radius 1 is 1.33 bits per heavy atom. The van der Waals surface area contributed by atoms with Crippen LogP contribution in [-0.2, 0) is 9.53 Å². The van der Waals surface area contributed by atoms with E-state index < -0.39 is 0 Å². The number of ether oxygens (including phenoxy) is 2. The number of hydrogen-bond donors (Lipinski definition) is 2. The van der Waals surface area contributed by atoms with Crippen LogP contribution in [0.1, 0.15) is 38.8 Å². The van der Waals surface area contributed by atoms with Gasteiger partial charge in [0, 0.05) is 6.04 Å². The highest BCUT2D eigenvalue weighted by Crippen LogP contribution is 2.29. The molecule has 0 fully saturated rings. The first-order valence-electron chi connectivity index (χ1n) is 7.15. The molecule has 5 heteroatoms. The zero-order chi connectivity index (χ0) is 16.0. The summed E-state index contributed by atoms with van der Waals surface area (Å²) in [5.74, 6) is 0.417. The Balaban J connectivity index is 2.91. The second-order valence-electron chi connectivity index (χ2n) is 5.21. The summed E-state index contributed by atoms with van der Waals surface area (Å²) in [6, 6.07) is 4.72. The quantitative estimate of drug-likeness (QED) is 0.757. The van der Waals surface area contributed by atoms with Crippen LogP contribution < -0.4 is 10.1 Å². The number of phenols is 1. The molecule has 1 aromatic rings. The average Bonchev–Trinajstić information content (AvgIpc) is 2.51. The lowest BCUT2D eigenvalue weighted by Gasteiger charge is -2.26. The van der Waals surface area contributed by atoms with E-state index in [9.17, 15) is 9.90 Å². The fourth-order valence-electron chi connectivity index (χ4n) is 2.16. The highest BCUT2D eigenvalue weighted by molar-refractivity contribution is 5.76. The second kappa shape index (κ2) is 7.88. The molecular weight excluding hydrogens is 270 g/mol. The smallest absolute Gasteiger partial charge is 0.323 e. The lowest BCUT2D eigenvalue weighted by atomic mass is 9.97. The number of aromatic hydroxyl groups is 1. The molecule has 0 spiro atoms. The van der Waals surface area contributed by atoms with Crippen LogP contribution in [0, 0.1) is 5.92 Å². The number of carbonyl (C=O) groups excluding carboxylic acids is 1. The zero-order valence-corrected chi connectivity index (χ0v) is 13.3. The first-order chi connectivity index (χ1) is 9.94. The summed E-state index contributed by atoms with van der Waals surface area (Å²) in [5.41, 5.74) is 0.932. The van der Waals surface area contributed by atoms with Crippen molar-refractivity contribution in [3.63, 3.8) is 0 Å². The van der Waals surface area contributed by atoms with Crippen molar-refractivity contribution in [2.45, 2.75) is 39.3 Å². The maximum absolute atomic E-state index is 11.9. The van der Waals surface area contributed by atoms with Gasteiger partial charge in [0.05, 0.1) is 14.2 Å². The highest BCUT2D eigenvalue weighted by atomic mass is 16.5. The molecule has 0 aromatic heterocycles. The monoisotopic (exact) mass is 295 g/mol. The summed E-state index contributed by atoms with van der Waals surface area (Å²) >= 11 is 0. The van der Waals surface area contributed by atoms with E-state index in [4.69, 9.17) is 9.47 Å². The van der Waals surface area contributed by atoms with Crippen molar-refractivity contribution in [2.24, 2.45) is 5.92 Å². The van der Waals surface area contributed by atoms with Gasteiger partial charge in [0.1, 0.15) is 6.04 Å². The third kappa shape index (κ3) is 4.36. The number of benzene rings is 1. The van der Waals surface area contributed by atoms with Crippen LogP contribution in [0.2, 0.25) is 0 Å². The van der Waals surface area contributed by atoms with Crippen LogP contribution in [0.5, 0.6) is 11.5 Å². The second-order valence-corrected chi connectivity index (χ2v) is 5.21. The largest absolute Gasteiger partial charge is 0.504 e. The van der Waals surface area contributed by atoms with E-state index in [0.717, 1.165) is 12.0 Å². The van der Waals surface area contributed by atoms with Crippen molar-refractivity contribution >= 4 is 5.97 Å². The maximum Gasteiger partial charge on any atom is 0.323 e. The molecule has 0 saturated heterocycles. The molecule has 0 aliphatic carbocycles. The number of methoxy groups -OCH3 is 2. The van der Waals surface area contributed by atoms with Gasteiger partial charge >= 0.3 is 5.97 Å². The number of esters is 1. The van der Waals surface area contributed by atoms with Crippen molar-refractivity contribution in [1.29, 1.82) is 0 Å². The van der Waals surface area contributed by atoms with Crippen LogP contribution in [-0.4, -0.2) is 31.3 Å². The lowest BCUT2D eigenvalue weighted by Crippen LogP contribution is -2.43. The molecule has 0 saturated carbocycles. The third-order valence-corrected chi connectivity index (χ3v) is 3.80. The molecule has 0 heterocycles. The minimum atomic E-state index is -0.366. The highest BCUT2D eigenvalue weighted by Gasteiger charge is 2.26. The minimum Gasteiger partial charge on any atom is -0.504 e. The van der Waals surface area contributed by atoms with Gasteiger partial charge in [-0.15, -0.1) is 0 Å². The van der Waals surface area contributed by atoms with Crippen molar-refractivity contribution in [3.8, 4) is 11.5 Å². The summed E-state index contributed by atoms with van der Waals surface area (Å²) in [5, 5.41) is 12.9. The minimum absolute atomic E-state index is 0.0717. The first-order valence-corrected chi connectivity index (χ1v) is 7.15. The van der Waals surface area contributed by atoms with Gasteiger partial charge in [-0.25, -0.2) is 0 Å². The normalized spacial score (nSPS) is 15.1. The fraction of sp³-hybridized carbons (Fsp3) is 0.562. The van der Waals surface area contributed by atoms with E-state index in [1.165, 1.54) is 14.2 Å². The molecule has 1 rings (SSSR count). The van der Waals surface area contributed by atoms with Crippen molar-refractivity contribution in [1.82, 2.24) is 5.32 Å². The molecule has 5 nitrogen and oxygen atoms in total. The fourth-order valence-corrected chi connectivity index (χ4v) is 2.16. The van der Waals surface area contributed by atoms with E-state index in [2.05, 4.69) is 5.32 Å². The Morgan fingerprint density at radius 2 is 2.00 bits per heavy atom. The Kier molecular flexibility index (Phi) is 6.49. The van der Waals surface area contributed by atoms with Gasteiger partial charge in [-0.1, -0.05) is 26.3 Å².